The van der Waals surface area contributed by atoms with Crippen LogP contribution in [0.15, 0.2) is 24.3 Å². The lowest BCUT2D eigenvalue weighted by molar-refractivity contribution is 0.0988. The van der Waals surface area contributed by atoms with E-state index in [2.05, 4.69) is 0 Å². The molecule has 6 heteroatoms. The summed E-state index contributed by atoms with van der Waals surface area (Å²) in [7, 11) is -2.58. The first-order valence-corrected chi connectivity index (χ1v) is 6.16. The van der Waals surface area contributed by atoms with Gasteiger partial charge in [-0.2, -0.15) is 8.42 Å². The largest absolute Gasteiger partial charge is 0.497 e. The number of carbonyl (C=O) groups is 1. The van der Waals surface area contributed by atoms with E-state index in [-0.39, 0.29) is 12.2 Å². The number of methoxy groups -OCH3 is 1. The highest BCUT2D eigenvalue weighted by atomic mass is 32.2. The number of ketones is 1. The summed E-state index contributed by atoms with van der Waals surface area (Å²) in [5.41, 5.74) is 0.393. The van der Waals surface area contributed by atoms with Crippen molar-refractivity contribution >= 4 is 15.9 Å². The third kappa shape index (κ3) is 4.00. The maximum atomic E-state index is 11.5. The fourth-order valence-electron chi connectivity index (χ4n) is 1.14. The van der Waals surface area contributed by atoms with E-state index < -0.39 is 15.9 Å². The molecule has 0 heterocycles. The van der Waals surface area contributed by atoms with Crippen molar-refractivity contribution < 1.29 is 22.5 Å². The minimum absolute atomic E-state index is 0.231. The molecule has 0 aliphatic heterocycles. The summed E-state index contributed by atoms with van der Waals surface area (Å²) >= 11 is 0. The normalized spacial score (nSPS) is 11.1. The van der Waals surface area contributed by atoms with Crippen molar-refractivity contribution in [2.24, 2.45) is 0 Å². The third-order valence-electron chi connectivity index (χ3n) is 2.00. The number of rotatable bonds is 5. The molecule has 0 saturated carbocycles. The first kappa shape index (κ1) is 12.7. The molecule has 88 valence electrons. The molecule has 0 bridgehead atoms. The molecule has 1 N–H and O–H groups in total. The van der Waals surface area contributed by atoms with E-state index in [1.54, 1.807) is 24.3 Å². The van der Waals surface area contributed by atoms with Crippen LogP contribution in [-0.4, -0.2) is 31.6 Å². The van der Waals surface area contributed by atoms with Gasteiger partial charge in [0.2, 0.25) is 0 Å². The van der Waals surface area contributed by atoms with Crippen LogP contribution in [0.3, 0.4) is 0 Å². The summed E-state index contributed by atoms with van der Waals surface area (Å²) in [5.74, 6) is -0.274. The molecule has 0 aliphatic carbocycles. The zero-order chi connectivity index (χ0) is 12.2. The zero-order valence-electron chi connectivity index (χ0n) is 8.71. The Labute approximate surface area is 93.8 Å². The molecule has 0 fully saturated rings. The Morgan fingerprint density at radius 1 is 1.31 bits per heavy atom. The molecule has 0 spiro atoms. The van der Waals surface area contributed by atoms with Crippen molar-refractivity contribution in [3.05, 3.63) is 29.8 Å². The standard InChI is InChI=1S/C10H12O5S/c1-15-9-4-2-8(3-5-9)10(11)6-7-16(12,13)14/h2-5H,6-7H2,1H3,(H,12,13,14). The van der Waals surface area contributed by atoms with Crippen molar-refractivity contribution in [3.63, 3.8) is 0 Å². The Bertz CT molecular complexity index is 460. The van der Waals surface area contributed by atoms with Crippen LogP contribution in [0.2, 0.25) is 0 Å². The Balaban J connectivity index is 2.66. The first-order valence-electron chi connectivity index (χ1n) is 4.55. The smallest absolute Gasteiger partial charge is 0.265 e. The van der Waals surface area contributed by atoms with Crippen molar-refractivity contribution in [2.45, 2.75) is 6.42 Å². The van der Waals surface area contributed by atoms with Gasteiger partial charge in [-0.15, -0.1) is 0 Å². The molecule has 1 aromatic rings. The van der Waals surface area contributed by atoms with Gasteiger partial charge in [0.1, 0.15) is 5.75 Å². The fourth-order valence-corrected chi connectivity index (χ4v) is 1.59. The van der Waals surface area contributed by atoms with Crippen molar-refractivity contribution in [2.75, 3.05) is 12.9 Å². The van der Waals surface area contributed by atoms with Crippen LogP contribution in [0.5, 0.6) is 5.75 Å². The second-order valence-corrected chi connectivity index (χ2v) is 4.76. The van der Waals surface area contributed by atoms with Gasteiger partial charge in [0.15, 0.2) is 5.78 Å². The predicted molar refractivity (Wildman–Crippen MR) is 58.4 cm³/mol. The van der Waals surface area contributed by atoms with Crippen molar-refractivity contribution in [1.29, 1.82) is 0 Å². The SMILES string of the molecule is COc1ccc(C(=O)CCS(=O)(=O)O)cc1. The average molecular weight is 244 g/mol. The van der Waals surface area contributed by atoms with E-state index in [0.717, 1.165) is 0 Å². The average Bonchev–Trinajstić information content (AvgIpc) is 2.25. The molecule has 0 radical (unpaired) electrons. The van der Waals surface area contributed by atoms with Gasteiger partial charge in [-0.1, -0.05) is 0 Å². The van der Waals surface area contributed by atoms with Gasteiger partial charge in [-0.3, -0.25) is 9.35 Å². The second kappa shape index (κ2) is 5.09. The first-order chi connectivity index (χ1) is 7.42. The molecular formula is C10H12O5S. The maximum absolute atomic E-state index is 11.5. The van der Waals surface area contributed by atoms with Gasteiger partial charge in [-0.05, 0) is 24.3 Å². The number of hydrogen-bond acceptors (Lipinski definition) is 4. The topological polar surface area (TPSA) is 80.7 Å². The van der Waals surface area contributed by atoms with E-state index in [0.29, 0.717) is 11.3 Å². The Hall–Kier alpha value is -1.40. The molecule has 16 heavy (non-hydrogen) atoms. The molecule has 0 aliphatic rings. The van der Waals surface area contributed by atoms with Crippen LogP contribution in [0, 0.1) is 0 Å². The van der Waals surface area contributed by atoms with Crippen LogP contribution >= 0.6 is 0 Å². The molecule has 5 nitrogen and oxygen atoms in total. The molecule has 0 atom stereocenters. The van der Waals surface area contributed by atoms with E-state index in [9.17, 15) is 13.2 Å². The Morgan fingerprint density at radius 2 is 1.88 bits per heavy atom. The van der Waals surface area contributed by atoms with Crippen LogP contribution in [0.4, 0.5) is 0 Å². The lowest BCUT2D eigenvalue weighted by Crippen LogP contribution is -2.09. The number of Topliss-reactive ketones (excluding diaryl/α,β-unsaturated/α-hetero) is 1. The van der Waals surface area contributed by atoms with Crippen molar-refractivity contribution in [1.82, 2.24) is 0 Å². The van der Waals surface area contributed by atoms with Gasteiger partial charge < -0.3 is 4.74 Å². The minimum Gasteiger partial charge on any atom is -0.497 e. The molecule has 1 rings (SSSR count). The van der Waals surface area contributed by atoms with Gasteiger partial charge in [0.25, 0.3) is 10.1 Å². The van der Waals surface area contributed by atoms with Crippen LogP contribution in [0.1, 0.15) is 16.8 Å². The number of benzene rings is 1. The van der Waals surface area contributed by atoms with Crippen LogP contribution < -0.4 is 4.74 Å². The second-order valence-electron chi connectivity index (χ2n) is 3.19. The summed E-state index contributed by atoms with van der Waals surface area (Å²) in [6.07, 6.45) is -0.231. The minimum atomic E-state index is -4.09. The molecule has 0 saturated heterocycles. The summed E-state index contributed by atoms with van der Waals surface area (Å²) < 4.78 is 34.3. The molecule has 0 unspecified atom stereocenters. The van der Waals surface area contributed by atoms with E-state index in [1.807, 2.05) is 0 Å². The summed E-state index contributed by atoms with van der Waals surface area (Å²) in [6, 6.07) is 6.32. The highest BCUT2D eigenvalue weighted by molar-refractivity contribution is 7.85. The predicted octanol–water partition coefficient (Wildman–Crippen LogP) is 1.16. The molecule has 1 aromatic carbocycles. The fraction of sp³-hybridized carbons (Fsp3) is 0.300. The van der Waals surface area contributed by atoms with Gasteiger partial charge in [0, 0.05) is 12.0 Å². The highest BCUT2D eigenvalue weighted by Crippen LogP contribution is 2.12. The van der Waals surface area contributed by atoms with Crippen LogP contribution in [0.25, 0.3) is 0 Å². The van der Waals surface area contributed by atoms with E-state index >= 15 is 0 Å². The van der Waals surface area contributed by atoms with Gasteiger partial charge in [-0.25, -0.2) is 0 Å². The van der Waals surface area contributed by atoms with Crippen LogP contribution in [-0.2, 0) is 10.1 Å². The summed E-state index contributed by atoms with van der Waals surface area (Å²) in [4.78, 5) is 11.5. The third-order valence-corrected chi connectivity index (χ3v) is 2.72. The molecular weight excluding hydrogens is 232 g/mol. The summed E-state index contributed by atoms with van der Waals surface area (Å²) in [6.45, 7) is 0. The summed E-state index contributed by atoms with van der Waals surface area (Å²) in [5, 5.41) is 0. The lowest BCUT2D eigenvalue weighted by Gasteiger charge is -2.02. The quantitative estimate of drug-likeness (QED) is 0.621. The lowest BCUT2D eigenvalue weighted by atomic mass is 10.1. The Morgan fingerprint density at radius 3 is 2.31 bits per heavy atom. The van der Waals surface area contributed by atoms with Gasteiger partial charge >= 0.3 is 0 Å². The number of hydrogen-bond donors (Lipinski definition) is 1. The number of ether oxygens (including phenoxy) is 1. The molecule has 0 amide bonds. The molecule has 0 aromatic heterocycles. The Kier molecular flexibility index (Phi) is 4.03. The van der Waals surface area contributed by atoms with Crippen molar-refractivity contribution in [3.8, 4) is 5.75 Å². The zero-order valence-corrected chi connectivity index (χ0v) is 9.53. The van der Waals surface area contributed by atoms with E-state index in [1.165, 1.54) is 7.11 Å². The number of carbonyl (C=O) groups excluding carboxylic acids is 1. The highest BCUT2D eigenvalue weighted by Gasteiger charge is 2.11. The van der Waals surface area contributed by atoms with Gasteiger partial charge in [0.05, 0.1) is 12.9 Å². The van der Waals surface area contributed by atoms with E-state index in [4.69, 9.17) is 9.29 Å². The monoisotopic (exact) mass is 244 g/mol. The maximum Gasteiger partial charge on any atom is 0.265 e.